The van der Waals surface area contributed by atoms with Gasteiger partial charge in [0.15, 0.2) is 0 Å². The molecule has 2 heterocycles. The lowest BCUT2D eigenvalue weighted by atomic mass is 9.98. The second-order valence-electron chi connectivity index (χ2n) is 9.32. The summed E-state index contributed by atoms with van der Waals surface area (Å²) in [5.41, 5.74) is 6.12. The Hall–Kier alpha value is -2.16. The maximum absolute atomic E-state index is 13.1. The van der Waals surface area contributed by atoms with Gasteiger partial charge < -0.3 is 26.0 Å². The van der Waals surface area contributed by atoms with E-state index in [4.69, 9.17) is 5.73 Å². The van der Waals surface area contributed by atoms with E-state index in [0.29, 0.717) is 45.2 Å². The van der Waals surface area contributed by atoms with E-state index in [-0.39, 0.29) is 29.6 Å². The molecule has 3 amide bonds. The predicted octanol–water partition coefficient (Wildman–Crippen LogP) is 0.957. The SMILES string of the molecule is CCC(C)C(N)C(=O)N1CCCC1C(=O)NC(CC(C)C)C(=O)N1CCCC1C(=O)O. The lowest BCUT2D eigenvalue weighted by molar-refractivity contribution is -0.150. The Labute approximate surface area is 184 Å². The minimum absolute atomic E-state index is 0.00944. The standard InChI is InChI=1S/C22H38N4O5/c1-5-14(4)18(23)21(29)25-10-6-8-16(25)19(27)24-15(12-13(2)3)20(28)26-11-7-9-17(26)22(30)31/h13-18H,5-12,23H2,1-4H3,(H,24,27)(H,30,31). The molecule has 9 nitrogen and oxygen atoms in total. The number of hydrogen-bond acceptors (Lipinski definition) is 5. The number of hydrogen-bond donors (Lipinski definition) is 3. The fourth-order valence-corrected chi connectivity index (χ4v) is 4.44. The Morgan fingerprint density at radius 3 is 2.06 bits per heavy atom. The molecule has 2 aliphatic rings. The van der Waals surface area contributed by atoms with Crippen LogP contribution in [0.15, 0.2) is 0 Å². The third kappa shape index (κ3) is 5.96. The molecule has 2 saturated heterocycles. The van der Waals surface area contributed by atoms with Gasteiger partial charge in [0.1, 0.15) is 18.1 Å². The summed E-state index contributed by atoms with van der Waals surface area (Å²) in [5.74, 6) is -1.85. The highest BCUT2D eigenvalue weighted by Gasteiger charge is 2.41. The van der Waals surface area contributed by atoms with Crippen LogP contribution in [0.25, 0.3) is 0 Å². The predicted molar refractivity (Wildman–Crippen MR) is 116 cm³/mol. The molecule has 0 aromatic heterocycles. The lowest BCUT2D eigenvalue weighted by Gasteiger charge is -2.32. The molecular weight excluding hydrogens is 400 g/mol. The third-order valence-electron chi connectivity index (χ3n) is 6.52. The lowest BCUT2D eigenvalue weighted by Crippen LogP contribution is -2.57. The van der Waals surface area contributed by atoms with Crippen LogP contribution in [0.2, 0.25) is 0 Å². The molecule has 4 N–H and O–H groups in total. The Balaban J connectivity index is 2.13. The van der Waals surface area contributed by atoms with Gasteiger partial charge in [0.2, 0.25) is 17.7 Å². The first-order valence-corrected chi connectivity index (χ1v) is 11.5. The number of carbonyl (C=O) groups excluding carboxylic acids is 3. The van der Waals surface area contributed by atoms with Gasteiger partial charge in [-0.3, -0.25) is 14.4 Å². The zero-order valence-corrected chi connectivity index (χ0v) is 19.2. The Morgan fingerprint density at radius 1 is 1.00 bits per heavy atom. The van der Waals surface area contributed by atoms with E-state index in [1.165, 1.54) is 4.90 Å². The van der Waals surface area contributed by atoms with Crippen molar-refractivity contribution in [2.24, 2.45) is 17.6 Å². The molecule has 0 bridgehead atoms. The monoisotopic (exact) mass is 438 g/mol. The molecule has 31 heavy (non-hydrogen) atoms. The molecule has 0 spiro atoms. The summed E-state index contributed by atoms with van der Waals surface area (Å²) in [5, 5.41) is 12.3. The van der Waals surface area contributed by atoms with Crippen LogP contribution in [0.3, 0.4) is 0 Å². The Bertz CT molecular complexity index is 683. The normalized spacial score (nSPS) is 24.2. The highest BCUT2D eigenvalue weighted by atomic mass is 16.4. The number of nitrogens with two attached hydrogens (primary N) is 1. The number of nitrogens with zero attached hydrogens (tertiary/aromatic N) is 2. The largest absolute Gasteiger partial charge is 0.480 e. The molecule has 9 heteroatoms. The summed E-state index contributed by atoms with van der Waals surface area (Å²) in [6, 6.07) is -2.98. The van der Waals surface area contributed by atoms with Crippen LogP contribution in [0, 0.1) is 11.8 Å². The maximum Gasteiger partial charge on any atom is 0.326 e. The van der Waals surface area contributed by atoms with Gasteiger partial charge >= 0.3 is 5.97 Å². The van der Waals surface area contributed by atoms with Crippen LogP contribution in [0.1, 0.15) is 66.2 Å². The number of aliphatic carboxylic acids is 1. The number of amides is 3. The fraction of sp³-hybridized carbons (Fsp3) is 0.818. The van der Waals surface area contributed by atoms with Crippen LogP contribution in [0.5, 0.6) is 0 Å². The molecule has 5 atom stereocenters. The number of carboxylic acids is 1. The summed E-state index contributed by atoms with van der Waals surface area (Å²) < 4.78 is 0. The van der Waals surface area contributed by atoms with Crippen molar-refractivity contribution in [3.05, 3.63) is 0 Å². The van der Waals surface area contributed by atoms with Gasteiger partial charge in [0.05, 0.1) is 6.04 Å². The molecule has 0 aliphatic carbocycles. The highest BCUT2D eigenvalue weighted by molar-refractivity contribution is 5.94. The maximum atomic E-state index is 13.1. The van der Waals surface area contributed by atoms with E-state index in [0.717, 1.165) is 6.42 Å². The number of rotatable bonds is 9. The third-order valence-corrected chi connectivity index (χ3v) is 6.52. The molecule has 0 aromatic carbocycles. The van der Waals surface area contributed by atoms with Gasteiger partial charge in [-0.25, -0.2) is 4.79 Å². The zero-order chi connectivity index (χ0) is 23.3. The van der Waals surface area contributed by atoms with Crippen molar-refractivity contribution >= 4 is 23.7 Å². The number of carboxylic acid groups (broad SMARTS) is 1. The first-order chi connectivity index (χ1) is 14.6. The van der Waals surface area contributed by atoms with Gasteiger partial charge in [0, 0.05) is 13.1 Å². The minimum atomic E-state index is -1.02. The van der Waals surface area contributed by atoms with Crippen molar-refractivity contribution in [1.29, 1.82) is 0 Å². The summed E-state index contributed by atoms with van der Waals surface area (Å²) in [6.07, 6.45) is 3.44. The Kier molecular flexibility index (Phi) is 8.85. The van der Waals surface area contributed by atoms with Crippen LogP contribution >= 0.6 is 0 Å². The minimum Gasteiger partial charge on any atom is -0.480 e. The summed E-state index contributed by atoms with van der Waals surface area (Å²) >= 11 is 0. The fourth-order valence-electron chi connectivity index (χ4n) is 4.44. The number of carbonyl (C=O) groups is 4. The van der Waals surface area contributed by atoms with Gasteiger partial charge in [-0.1, -0.05) is 34.1 Å². The Morgan fingerprint density at radius 2 is 1.55 bits per heavy atom. The van der Waals surface area contributed by atoms with Crippen molar-refractivity contribution in [2.45, 2.75) is 90.4 Å². The molecule has 2 fully saturated rings. The van der Waals surface area contributed by atoms with Crippen molar-refractivity contribution in [3.63, 3.8) is 0 Å². The van der Waals surface area contributed by atoms with Gasteiger partial charge in [-0.15, -0.1) is 0 Å². The van der Waals surface area contributed by atoms with Crippen LogP contribution in [-0.2, 0) is 19.2 Å². The smallest absolute Gasteiger partial charge is 0.326 e. The van der Waals surface area contributed by atoms with Crippen LogP contribution in [0.4, 0.5) is 0 Å². The zero-order valence-electron chi connectivity index (χ0n) is 19.2. The summed E-state index contributed by atoms with van der Waals surface area (Å²) in [4.78, 5) is 53.6. The van der Waals surface area contributed by atoms with E-state index in [1.54, 1.807) is 4.90 Å². The number of nitrogens with one attached hydrogen (secondary N) is 1. The van der Waals surface area contributed by atoms with Crippen molar-refractivity contribution in [2.75, 3.05) is 13.1 Å². The number of likely N-dealkylation sites (tertiary alicyclic amines) is 2. The second-order valence-corrected chi connectivity index (χ2v) is 9.32. The van der Waals surface area contributed by atoms with Crippen molar-refractivity contribution < 1.29 is 24.3 Å². The van der Waals surface area contributed by atoms with Gasteiger partial charge in [0.25, 0.3) is 0 Å². The molecular formula is C22H38N4O5. The molecule has 2 aliphatic heterocycles. The summed E-state index contributed by atoms with van der Waals surface area (Å²) in [7, 11) is 0. The molecule has 176 valence electrons. The quantitative estimate of drug-likeness (QED) is 0.491. The van der Waals surface area contributed by atoms with Gasteiger partial charge in [-0.2, -0.15) is 0 Å². The van der Waals surface area contributed by atoms with E-state index in [2.05, 4.69) is 5.32 Å². The molecule has 2 rings (SSSR count). The van der Waals surface area contributed by atoms with Crippen LogP contribution in [-0.4, -0.2) is 75.9 Å². The highest BCUT2D eigenvalue weighted by Crippen LogP contribution is 2.23. The molecule has 0 aromatic rings. The average molecular weight is 439 g/mol. The molecule has 0 radical (unpaired) electrons. The topological polar surface area (TPSA) is 133 Å². The first kappa shape index (κ1) is 25.1. The van der Waals surface area contributed by atoms with E-state index in [9.17, 15) is 24.3 Å². The van der Waals surface area contributed by atoms with Crippen molar-refractivity contribution in [3.8, 4) is 0 Å². The molecule has 0 saturated carbocycles. The summed E-state index contributed by atoms with van der Waals surface area (Å²) in [6.45, 7) is 8.62. The van der Waals surface area contributed by atoms with Crippen molar-refractivity contribution in [1.82, 2.24) is 15.1 Å². The van der Waals surface area contributed by atoms with Gasteiger partial charge in [-0.05, 0) is 43.9 Å². The average Bonchev–Trinajstić information content (AvgIpc) is 3.40. The van der Waals surface area contributed by atoms with E-state index < -0.39 is 30.1 Å². The first-order valence-electron chi connectivity index (χ1n) is 11.5. The van der Waals surface area contributed by atoms with E-state index in [1.807, 2.05) is 27.7 Å². The second kappa shape index (κ2) is 10.9. The van der Waals surface area contributed by atoms with E-state index >= 15 is 0 Å². The van der Waals surface area contributed by atoms with Crippen LogP contribution < -0.4 is 11.1 Å². The molecule has 5 unspecified atom stereocenters.